The van der Waals surface area contributed by atoms with Gasteiger partial charge in [0.2, 0.25) is 0 Å². The first kappa shape index (κ1) is 13.9. The number of ketones is 1. The lowest BCUT2D eigenvalue weighted by molar-refractivity contribution is 0.0178. The molecule has 3 aliphatic rings. The van der Waals surface area contributed by atoms with E-state index in [0.717, 1.165) is 5.56 Å². The minimum absolute atomic E-state index is 0.0937. The predicted octanol–water partition coefficient (Wildman–Crippen LogP) is 0.0724. The highest BCUT2D eigenvalue weighted by molar-refractivity contribution is 6.05. The summed E-state index contributed by atoms with van der Waals surface area (Å²) in [5.74, 6) is -0.123. The summed E-state index contributed by atoms with van der Waals surface area (Å²) in [7, 11) is 0. The van der Waals surface area contributed by atoms with Crippen molar-refractivity contribution in [1.29, 1.82) is 0 Å². The van der Waals surface area contributed by atoms with Gasteiger partial charge in [0.05, 0.1) is 19.3 Å². The molecule has 2 saturated heterocycles. The van der Waals surface area contributed by atoms with Gasteiger partial charge in [-0.05, 0) is 18.1 Å². The fourth-order valence-corrected chi connectivity index (χ4v) is 3.55. The lowest BCUT2D eigenvalue weighted by Crippen LogP contribution is -2.44. The van der Waals surface area contributed by atoms with E-state index < -0.39 is 6.10 Å². The van der Waals surface area contributed by atoms with E-state index in [1.807, 2.05) is 0 Å². The average molecular weight is 303 g/mol. The quantitative estimate of drug-likeness (QED) is 0.808. The first-order chi connectivity index (χ1) is 10.6. The maximum atomic E-state index is 12.5. The number of benzene rings is 1. The zero-order valence-electron chi connectivity index (χ0n) is 12.0. The summed E-state index contributed by atoms with van der Waals surface area (Å²) in [6.45, 7) is 0.559. The Balaban J connectivity index is 1.53. The number of Topliss-reactive ketones (excluding diaryl/α,β-unsaturated/α-hetero) is 1. The molecule has 0 aromatic heterocycles. The van der Waals surface area contributed by atoms with Crippen LogP contribution in [-0.2, 0) is 15.9 Å². The molecule has 22 heavy (non-hydrogen) atoms. The van der Waals surface area contributed by atoms with Crippen LogP contribution in [0.25, 0.3) is 0 Å². The van der Waals surface area contributed by atoms with Crippen LogP contribution in [0.5, 0.6) is 0 Å². The van der Waals surface area contributed by atoms with Crippen LogP contribution in [0, 0.1) is 0 Å². The molecule has 2 heterocycles. The van der Waals surface area contributed by atoms with Gasteiger partial charge in [0.15, 0.2) is 5.78 Å². The molecule has 2 fully saturated rings. The van der Waals surface area contributed by atoms with Crippen LogP contribution < -0.4 is 5.32 Å². The number of aliphatic hydroxyl groups is 1. The zero-order valence-corrected chi connectivity index (χ0v) is 12.0. The third kappa shape index (κ3) is 2.06. The van der Waals surface area contributed by atoms with Crippen molar-refractivity contribution in [1.82, 2.24) is 5.32 Å². The van der Waals surface area contributed by atoms with E-state index in [2.05, 4.69) is 5.32 Å². The highest BCUT2D eigenvalue weighted by Gasteiger charge is 2.47. The van der Waals surface area contributed by atoms with Crippen molar-refractivity contribution in [3.05, 3.63) is 34.9 Å². The van der Waals surface area contributed by atoms with Gasteiger partial charge < -0.3 is 19.9 Å². The van der Waals surface area contributed by atoms with Gasteiger partial charge in [-0.3, -0.25) is 9.59 Å². The molecule has 2 aliphatic heterocycles. The van der Waals surface area contributed by atoms with Crippen LogP contribution >= 0.6 is 0 Å². The molecule has 1 aromatic rings. The van der Waals surface area contributed by atoms with E-state index in [1.54, 1.807) is 18.2 Å². The van der Waals surface area contributed by atoms with Crippen molar-refractivity contribution in [3.63, 3.8) is 0 Å². The third-order valence-corrected chi connectivity index (χ3v) is 4.67. The molecule has 4 rings (SSSR count). The topological polar surface area (TPSA) is 84.9 Å². The molecule has 1 aromatic carbocycles. The second-order valence-corrected chi connectivity index (χ2v) is 6.00. The van der Waals surface area contributed by atoms with Gasteiger partial charge in [0, 0.05) is 17.5 Å². The lowest BCUT2D eigenvalue weighted by atomic mass is 10.0. The summed E-state index contributed by atoms with van der Waals surface area (Å²) >= 11 is 0. The molecule has 6 nitrogen and oxygen atoms in total. The Labute approximate surface area is 127 Å². The van der Waals surface area contributed by atoms with E-state index in [9.17, 15) is 14.7 Å². The van der Waals surface area contributed by atoms with Gasteiger partial charge in [-0.25, -0.2) is 0 Å². The van der Waals surface area contributed by atoms with E-state index in [0.29, 0.717) is 30.6 Å². The fraction of sp³-hybridized carbons (Fsp3) is 0.500. The summed E-state index contributed by atoms with van der Waals surface area (Å²) in [5, 5.41) is 12.6. The molecular weight excluding hydrogens is 286 g/mol. The normalized spacial score (nSPS) is 32.9. The van der Waals surface area contributed by atoms with E-state index in [4.69, 9.17) is 9.47 Å². The van der Waals surface area contributed by atoms with Gasteiger partial charge in [0.25, 0.3) is 5.91 Å². The van der Waals surface area contributed by atoms with Gasteiger partial charge in [-0.1, -0.05) is 12.1 Å². The molecule has 2 N–H and O–H groups in total. The Hall–Kier alpha value is -1.76. The monoisotopic (exact) mass is 303 g/mol. The molecule has 0 unspecified atom stereocenters. The average Bonchev–Trinajstić information content (AvgIpc) is 3.18. The maximum Gasteiger partial charge on any atom is 0.251 e. The van der Waals surface area contributed by atoms with Crippen LogP contribution in [0.3, 0.4) is 0 Å². The molecule has 1 amide bonds. The summed E-state index contributed by atoms with van der Waals surface area (Å²) in [6.07, 6.45) is -0.233. The van der Waals surface area contributed by atoms with Gasteiger partial charge in [0.1, 0.15) is 18.3 Å². The van der Waals surface area contributed by atoms with Gasteiger partial charge >= 0.3 is 0 Å². The number of hydrogen-bond donors (Lipinski definition) is 2. The number of fused-ring (bicyclic) bond motifs is 2. The molecule has 0 bridgehead atoms. The molecule has 0 radical (unpaired) electrons. The smallest absolute Gasteiger partial charge is 0.251 e. The number of ether oxygens (including phenoxy) is 2. The zero-order chi connectivity index (χ0) is 15.3. The molecule has 0 saturated carbocycles. The van der Waals surface area contributed by atoms with Crippen LogP contribution in [-0.4, -0.2) is 54.4 Å². The Kier molecular flexibility index (Phi) is 3.25. The number of rotatable bonds is 2. The Morgan fingerprint density at radius 1 is 1.18 bits per heavy atom. The number of aliphatic hydroxyl groups excluding tert-OH is 1. The minimum atomic E-state index is -0.634. The van der Waals surface area contributed by atoms with Crippen molar-refractivity contribution >= 4 is 11.7 Å². The molecule has 116 valence electrons. The van der Waals surface area contributed by atoms with Gasteiger partial charge in [-0.15, -0.1) is 0 Å². The van der Waals surface area contributed by atoms with Crippen molar-refractivity contribution in [2.24, 2.45) is 0 Å². The van der Waals surface area contributed by atoms with Crippen molar-refractivity contribution in [3.8, 4) is 0 Å². The van der Waals surface area contributed by atoms with E-state index >= 15 is 0 Å². The first-order valence-corrected chi connectivity index (χ1v) is 7.52. The van der Waals surface area contributed by atoms with E-state index in [1.165, 1.54) is 0 Å². The predicted molar refractivity (Wildman–Crippen MR) is 75.8 cm³/mol. The Bertz CT molecular complexity index is 643. The SMILES string of the molecule is O=C1CCc2c1cccc2C(=O)N[C@H]1CO[C@H]2[C@@H]1OC[C@@H]2O. The highest BCUT2D eigenvalue weighted by atomic mass is 16.6. The van der Waals surface area contributed by atoms with Crippen molar-refractivity contribution in [2.75, 3.05) is 13.2 Å². The summed E-state index contributed by atoms with van der Waals surface area (Å²) in [5.41, 5.74) is 2.03. The van der Waals surface area contributed by atoms with Crippen LogP contribution in [0.15, 0.2) is 18.2 Å². The Morgan fingerprint density at radius 2 is 2.00 bits per heavy atom. The lowest BCUT2D eigenvalue weighted by Gasteiger charge is -2.18. The van der Waals surface area contributed by atoms with Crippen LogP contribution in [0.2, 0.25) is 0 Å². The van der Waals surface area contributed by atoms with Crippen molar-refractivity contribution < 1.29 is 24.2 Å². The van der Waals surface area contributed by atoms with Crippen molar-refractivity contribution in [2.45, 2.75) is 37.2 Å². The number of nitrogens with one attached hydrogen (secondary N) is 1. The molecule has 0 spiro atoms. The maximum absolute atomic E-state index is 12.5. The fourth-order valence-electron chi connectivity index (χ4n) is 3.55. The first-order valence-electron chi connectivity index (χ1n) is 7.52. The molecule has 1 aliphatic carbocycles. The van der Waals surface area contributed by atoms with Crippen LogP contribution in [0.4, 0.5) is 0 Å². The minimum Gasteiger partial charge on any atom is -0.388 e. The second kappa shape index (κ2) is 5.15. The standard InChI is InChI=1S/C16H17NO5/c18-12-5-4-8-9(12)2-1-3-10(8)16(20)17-11-6-21-15-13(19)7-22-14(11)15/h1-3,11,13-15,19H,4-7H2,(H,17,20)/t11-,13-,14+,15+/m0/s1. The van der Waals surface area contributed by atoms with Crippen LogP contribution in [0.1, 0.15) is 32.7 Å². The largest absolute Gasteiger partial charge is 0.388 e. The number of amides is 1. The molecular formula is C16H17NO5. The third-order valence-electron chi connectivity index (χ3n) is 4.67. The second-order valence-electron chi connectivity index (χ2n) is 6.00. The number of hydrogen-bond acceptors (Lipinski definition) is 5. The van der Waals surface area contributed by atoms with E-state index in [-0.39, 0.29) is 36.5 Å². The highest BCUT2D eigenvalue weighted by Crippen LogP contribution is 2.28. The number of carbonyl (C=O) groups excluding carboxylic acids is 2. The molecule has 4 atom stereocenters. The van der Waals surface area contributed by atoms with Gasteiger partial charge in [-0.2, -0.15) is 0 Å². The number of carbonyl (C=O) groups is 2. The Morgan fingerprint density at radius 3 is 2.86 bits per heavy atom. The summed E-state index contributed by atoms with van der Waals surface area (Å²) in [6, 6.07) is 4.97. The summed E-state index contributed by atoms with van der Waals surface area (Å²) in [4.78, 5) is 24.3. The molecule has 6 heteroatoms. The summed E-state index contributed by atoms with van der Waals surface area (Å²) < 4.78 is 11.0.